The number of hydrogen-bond acceptors (Lipinski definition) is 13. The van der Waals surface area contributed by atoms with Gasteiger partial charge in [0, 0.05) is 73.4 Å². The number of nitrogens with zero attached hydrogens (tertiary/aromatic N) is 7. The topological polar surface area (TPSA) is 203 Å². The number of aromatic nitrogens is 6. The zero-order valence-electron chi connectivity index (χ0n) is 36.5. The molecule has 0 aliphatic carbocycles. The zero-order chi connectivity index (χ0) is 48.4. The molecule has 0 amide bonds. The molecule has 0 fully saturated rings. The van der Waals surface area contributed by atoms with E-state index in [9.17, 15) is 0 Å². The number of hydrogen-bond donors (Lipinski definition) is 4. The van der Waals surface area contributed by atoms with E-state index in [1.54, 1.807) is 19.2 Å². The van der Waals surface area contributed by atoms with Crippen molar-refractivity contribution < 1.29 is 9.47 Å². The van der Waals surface area contributed by atoms with E-state index in [1.807, 2.05) is 31.3 Å². The van der Waals surface area contributed by atoms with Crippen LogP contribution in [0, 0.1) is 144 Å². The second-order valence-corrected chi connectivity index (χ2v) is 13.1. The molecule has 4 rings (SSSR count). The third-order valence-corrected chi connectivity index (χ3v) is 7.24. The fraction of sp³-hybridized carbons (Fsp3) is 0.176. The Bertz CT molecular complexity index is 3050. The van der Waals surface area contributed by atoms with Crippen molar-refractivity contribution in [1.29, 1.82) is 0 Å². The summed E-state index contributed by atoms with van der Waals surface area (Å²) in [6.07, 6.45) is 19.4. The average Bonchev–Trinajstić information content (AvgIpc) is 3.27. The van der Waals surface area contributed by atoms with Crippen molar-refractivity contribution in [3.8, 4) is 167 Å². The van der Waals surface area contributed by atoms with Gasteiger partial charge in [-0.15, -0.1) is 19.3 Å². The van der Waals surface area contributed by atoms with E-state index in [2.05, 4.69) is 211 Å². The minimum absolute atomic E-state index is 0.116. The Kier molecular flexibility index (Phi) is 25.6. The molecule has 4 heterocycles. The number of rotatable bonds is 7. The van der Waals surface area contributed by atoms with Crippen LogP contribution in [0.15, 0.2) is 41.5 Å². The summed E-state index contributed by atoms with van der Waals surface area (Å²) >= 11 is 3.32. The van der Waals surface area contributed by atoms with Crippen molar-refractivity contribution >= 4 is 45.3 Å². The Balaban J connectivity index is 0.000000479. The molecule has 0 unspecified atom stereocenters. The Morgan fingerprint density at radius 3 is 1.22 bits per heavy atom. The Morgan fingerprint density at radius 2 is 0.877 bits per heavy atom. The first-order valence-corrected chi connectivity index (χ1v) is 19.2. The number of pyridine rings is 2. The maximum absolute atomic E-state index is 5.88. The van der Waals surface area contributed by atoms with Gasteiger partial charge in [0.05, 0.1) is 12.4 Å². The minimum Gasteiger partial charge on any atom is -0.451 e. The van der Waals surface area contributed by atoms with E-state index in [1.165, 1.54) is 12.4 Å². The van der Waals surface area contributed by atoms with Crippen LogP contribution < -0.4 is 37.3 Å². The van der Waals surface area contributed by atoms with Crippen molar-refractivity contribution in [1.82, 2.24) is 29.9 Å². The van der Waals surface area contributed by atoms with Crippen LogP contribution in [0.25, 0.3) is 0 Å². The molecule has 0 aromatic carbocycles. The van der Waals surface area contributed by atoms with Crippen LogP contribution in [0.3, 0.4) is 0 Å². The summed E-state index contributed by atoms with van der Waals surface area (Å²) in [4.78, 5) is 26.0. The molecule has 0 atom stereocenters. The van der Waals surface area contributed by atoms with Crippen LogP contribution in [0.1, 0.15) is 57.6 Å². The van der Waals surface area contributed by atoms with E-state index in [4.69, 9.17) is 38.8 Å². The van der Waals surface area contributed by atoms with Crippen molar-refractivity contribution in [3.63, 3.8) is 0 Å². The van der Waals surface area contributed by atoms with Crippen molar-refractivity contribution in [3.05, 3.63) is 52.7 Å². The summed E-state index contributed by atoms with van der Waals surface area (Å²) in [5, 5.41) is 0. The Morgan fingerprint density at radius 1 is 0.523 bits per heavy atom. The maximum atomic E-state index is 5.88. The molecule has 13 nitrogen and oxygen atoms in total. The largest absolute Gasteiger partial charge is 0.451 e. The molecule has 4 aromatic heterocycles. The molecular formula is C51H40BrN11O2. The molecule has 0 spiro atoms. The molecule has 65 heavy (non-hydrogen) atoms. The summed E-state index contributed by atoms with van der Waals surface area (Å²) in [5.74, 6) is 56.0. The minimum atomic E-state index is 0.116. The van der Waals surface area contributed by atoms with Crippen LogP contribution in [0.2, 0.25) is 0 Å². The zero-order valence-corrected chi connectivity index (χ0v) is 38.1. The second kappa shape index (κ2) is 31.2. The highest BCUT2D eigenvalue weighted by molar-refractivity contribution is 9.10. The van der Waals surface area contributed by atoms with E-state index >= 15 is 0 Å². The number of ether oxygens (including phenoxy) is 2. The van der Waals surface area contributed by atoms with Gasteiger partial charge in [-0.1, -0.05) is 33.6 Å². The molecule has 8 N–H and O–H groups in total. The molecule has 318 valence electrons. The first-order chi connectivity index (χ1) is 31.3. The summed E-state index contributed by atoms with van der Waals surface area (Å²) < 4.78 is 12.3. The van der Waals surface area contributed by atoms with E-state index < -0.39 is 0 Å². The van der Waals surface area contributed by atoms with Gasteiger partial charge < -0.3 is 37.3 Å². The highest BCUT2D eigenvalue weighted by Gasteiger charge is 2.15. The third-order valence-electron chi connectivity index (χ3n) is 6.81. The number of halogens is 1. The molecule has 0 aliphatic heterocycles. The SMILES string of the molecule is C#C.C#CC#CC#CC#CC#CC#CC#CC#CC#CC#CC#CC.CC(C)c1cnc(Br)cc1Oc1cnc(N)nc1N.CC(C)c1cnc(N(C)C)cc1Oc1cnc(N)nc1N. The van der Waals surface area contributed by atoms with E-state index in [-0.39, 0.29) is 35.4 Å². The molecule has 0 saturated heterocycles. The quantitative estimate of drug-likeness (QED) is 0.131. The highest BCUT2D eigenvalue weighted by atomic mass is 79.9. The third kappa shape index (κ3) is 21.9. The lowest BCUT2D eigenvalue weighted by Crippen LogP contribution is -2.11. The van der Waals surface area contributed by atoms with Crippen molar-refractivity contribution in [2.45, 2.75) is 46.5 Å². The summed E-state index contributed by atoms with van der Waals surface area (Å²) in [6.45, 7) is 9.95. The van der Waals surface area contributed by atoms with Gasteiger partial charge in [-0.05, 0) is 129 Å². The van der Waals surface area contributed by atoms with Gasteiger partial charge in [0.25, 0.3) is 0 Å². The lowest BCUT2D eigenvalue weighted by atomic mass is 10.0. The first-order valence-electron chi connectivity index (χ1n) is 18.4. The number of anilines is 5. The van der Waals surface area contributed by atoms with Crippen LogP contribution in [-0.2, 0) is 0 Å². The Hall–Kier alpha value is -9.74. The standard InChI is InChI=1S/C23H4.C14H20N6O.C12H14BrN5O.C2H2/c1-3-5-7-9-11-13-15-17-19-21-23-22-20-18-16-14-12-10-8-6-4-2;1-8(2)9-6-17-12(20(3)4)5-10(9)21-11-7-18-14(16)19-13(11)15;1-6(2)7-4-16-10(13)3-8(7)19-9-5-17-12(15)18-11(9)14;1-2/h1H,2H3;5-8H,1-4H3,(H4,15,16,18,19);3-6H,1-2H3,(H4,14,15,17,18);1-2H. The van der Waals surface area contributed by atoms with Crippen LogP contribution in [0.4, 0.5) is 29.4 Å². The molecule has 0 aliphatic rings. The predicted molar refractivity (Wildman–Crippen MR) is 263 cm³/mol. The smallest absolute Gasteiger partial charge is 0.222 e. The van der Waals surface area contributed by atoms with E-state index in [0.29, 0.717) is 27.6 Å². The average molecular weight is 919 g/mol. The van der Waals surface area contributed by atoms with Gasteiger partial charge in [0.1, 0.15) is 21.9 Å². The van der Waals surface area contributed by atoms with Crippen LogP contribution in [-0.4, -0.2) is 44.0 Å². The lowest BCUT2D eigenvalue weighted by molar-refractivity contribution is 0.469. The summed E-state index contributed by atoms with van der Waals surface area (Å²) in [7, 11) is 3.84. The van der Waals surface area contributed by atoms with Crippen LogP contribution in [0.5, 0.6) is 23.0 Å². The first kappa shape index (κ1) is 53.3. The number of nitrogens with two attached hydrogens (primary N) is 4. The predicted octanol–water partition coefficient (Wildman–Crippen LogP) is 5.65. The fourth-order valence-corrected chi connectivity index (χ4v) is 4.28. The van der Waals surface area contributed by atoms with Gasteiger partial charge in [-0.2, -0.15) is 9.97 Å². The van der Waals surface area contributed by atoms with Crippen molar-refractivity contribution in [2.24, 2.45) is 0 Å². The van der Waals surface area contributed by atoms with Gasteiger partial charge in [-0.3, -0.25) is 0 Å². The molecule has 0 radical (unpaired) electrons. The second-order valence-electron chi connectivity index (χ2n) is 12.3. The number of terminal acetylenes is 2. The van der Waals surface area contributed by atoms with Crippen molar-refractivity contribution in [2.75, 3.05) is 41.9 Å². The lowest BCUT2D eigenvalue weighted by Gasteiger charge is -2.18. The van der Waals surface area contributed by atoms with Gasteiger partial charge >= 0.3 is 0 Å². The van der Waals surface area contributed by atoms with Gasteiger partial charge in [0.2, 0.25) is 11.9 Å². The normalized spacial score (nSPS) is 7.98. The fourth-order valence-electron chi connectivity index (χ4n) is 3.97. The highest BCUT2D eigenvalue weighted by Crippen LogP contribution is 2.35. The monoisotopic (exact) mass is 917 g/mol. The molecule has 0 saturated carbocycles. The van der Waals surface area contributed by atoms with Gasteiger partial charge in [-0.25, -0.2) is 19.9 Å². The van der Waals surface area contributed by atoms with E-state index in [0.717, 1.165) is 16.9 Å². The van der Waals surface area contributed by atoms with Crippen LogP contribution >= 0.6 is 15.9 Å². The molecular weight excluding hydrogens is 879 g/mol. The summed E-state index contributed by atoms with van der Waals surface area (Å²) in [5.41, 5.74) is 24.5. The number of nitrogen functional groups attached to an aromatic ring is 4. The maximum Gasteiger partial charge on any atom is 0.222 e. The Labute approximate surface area is 390 Å². The van der Waals surface area contributed by atoms with Gasteiger partial charge in [0.15, 0.2) is 23.1 Å². The molecule has 14 heteroatoms. The molecule has 0 bridgehead atoms. The molecule has 4 aromatic rings. The summed E-state index contributed by atoms with van der Waals surface area (Å²) in [6, 6.07) is 3.65.